The Hall–Kier alpha value is -3.98. The fourth-order valence-electron chi connectivity index (χ4n) is 2.79. The number of benzene rings is 3. The monoisotopic (exact) mass is 434 g/mol. The normalized spacial score (nSPS) is 11.1. The van der Waals surface area contributed by atoms with E-state index in [1.54, 1.807) is 66.7 Å². The minimum absolute atomic E-state index is 0.0929. The fourth-order valence-corrected chi connectivity index (χ4v) is 3.87. The van der Waals surface area contributed by atoms with Crippen molar-refractivity contribution in [1.29, 1.82) is 0 Å². The van der Waals surface area contributed by atoms with Crippen molar-refractivity contribution >= 4 is 21.6 Å². The molecule has 1 amide bonds. The first-order valence-corrected chi connectivity index (χ1v) is 10.8. The molecule has 0 saturated heterocycles. The molecule has 0 atom stereocenters. The number of aromatic nitrogens is 2. The third-order valence-corrected chi connectivity index (χ3v) is 5.75. The summed E-state index contributed by atoms with van der Waals surface area (Å²) in [7, 11) is -3.67. The molecule has 9 heteroatoms. The lowest BCUT2D eigenvalue weighted by Crippen LogP contribution is -2.22. The molecule has 3 aromatic carbocycles. The Balaban J connectivity index is 1.40. The Labute approximate surface area is 179 Å². The molecule has 0 aliphatic carbocycles. The van der Waals surface area contributed by atoms with Gasteiger partial charge in [0.1, 0.15) is 0 Å². The number of anilines is 1. The predicted molar refractivity (Wildman–Crippen MR) is 115 cm³/mol. The van der Waals surface area contributed by atoms with Gasteiger partial charge in [-0.1, -0.05) is 41.6 Å². The molecule has 1 heterocycles. The minimum atomic E-state index is -3.67. The molecular formula is C22H18N4O4S. The molecule has 4 aromatic rings. The SMILES string of the molecule is O=C(NCc1nc(-c2ccc(NS(=O)(=O)c3ccccc3)cc2)no1)c1ccccc1. The van der Waals surface area contributed by atoms with Gasteiger partial charge in [-0.3, -0.25) is 9.52 Å². The molecule has 0 aliphatic rings. The molecule has 0 radical (unpaired) electrons. The van der Waals surface area contributed by atoms with Gasteiger partial charge in [0, 0.05) is 16.8 Å². The van der Waals surface area contributed by atoms with Gasteiger partial charge in [0.15, 0.2) is 0 Å². The zero-order valence-corrected chi connectivity index (χ0v) is 17.0. The van der Waals surface area contributed by atoms with Crippen molar-refractivity contribution in [2.24, 2.45) is 0 Å². The number of amides is 1. The van der Waals surface area contributed by atoms with Gasteiger partial charge < -0.3 is 9.84 Å². The zero-order chi connectivity index (χ0) is 21.7. The van der Waals surface area contributed by atoms with Gasteiger partial charge in [-0.2, -0.15) is 4.98 Å². The molecule has 8 nitrogen and oxygen atoms in total. The molecule has 0 fully saturated rings. The topological polar surface area (TPSA) is 114 Å². The van der Waals surface area contributed by atoms with Gasteiger partial charge in [0.05, 0.1) is 11.4 Å². The summed E-state index contributed by atoms with van der Waals surface area (Å²) in [4.78, 5) is 16.5. The number of hydrogen-bond acceptors (Lipinski definition) is 6. The average molecular weight is 434 g/mol. The third kappa shape index (κ3) is 4.96. The van der Waals surface area contributed by atoms with E-state index in [0.29, 0.717) is 22.6 Å². The van der Waals surface area contributed by atoms with E-state index in [9.17, 15) is 13.2 Å². The summed E-state index contributed by atoms with van der Waals surface area (Å²) in [6.45, 7) is 0.0929. The van der Waals surface area contributed by atoms with Crippen LogP contribution in [0, 0.1) is 0 Å². The molecule has 0 aliphatic heterocycles. The number of nitrogens with zero attached hydrogens (tertiary/aromatic N) is 2. The molecule has 4 rings (SSSR count). The molecule has 2 N–H and O–H groups in total. The first-order chi connectivity index (χ1) is 15.0. The lowest BCUT2D eigenvalue weighted by molar-refractivity contribution is 0.0946. The standard InChI is InChI=1S/C22H18N4O4S/c27-22(17-7-3-1-4-8-17)23-15-20-24-21(25-30-20)16-11-13-18(14-12-16)26-31(28,29)19-9-5-2-6-10-19/h1-14,26H,15H2,(H,23,27). The Morgan fingerprint density at radius 1 is 0.871 bits per heavy atom. The summed E-state index contributed by atoms with van der Waals surface area (Å²) in [5.41, 5.74) is 1.59. The second-order valence-electron chi connectivity index (χ2n) is 6.56. The van der Waals surface area contributed by atoms with Crippen molar-refractivity contribution in [3.8, 4) is 11.4 Å². The van der Waals surface area contributed by atoms with Gasteiger partial charge in [0.2, 0.25) is 11.7 Å². The van der Waals surface area contributed by atoms with Crippen LogP contribution in [-0.2, 0) is 16.6 Å². The van der Waals surface area contributed by atoms with Crippen molar-refractivity contribution in [1.82, 2.24) is 15.5 Å². The van der Waals surface area contributed by atoms with Crippen LogP contribution in [0.15, 0.2) is 94.3 Å². The van der Waals surface area contributed by atoms with Crippen LogP contribution in [0.5, 0.6) is 0 Å². The van der Waals surface area contributed by atoms with Crippen LogP contribution >= 0.6 is 0 Å². The molecule has 0 spiro atoms. The molecule has 0 bridgehead atoms. The molecule has 31 heavy (non-hydrogen) atoms. The van der Waals surface area contributed by atoms with E-state index in [4.69, 9.17) is 4.52 Å². The largest absolute Gasteiger partial charge is 0.343 e. The highest BCUT2D eigenvalue weighted by molar-refractivity contribution is 7.92. The van der Waals surface area contributed by atoms with Crippen LogP contribution in [0.4, 0.5) is 5.69 Å². The van der Waals surface area contributed by atoms with Crippen LogP contribution in [0.25, 0.3) is 11.4 Å². The number of nitrogens with one attached hydrogen (secondary N) is 2. The van der Waals surface area contributed by atoms with Gasteiger partial charge >= 0.3 is 0 Å². The van der Waals surface area contributed by atoms with Crippen molar-refractivity contribution in [3.05, 3.63) is 96.4 Å². The van der Waals surface area contributed by atoms with E-state index < -0.39 is 10.0 Å². The van der Waals surface area contributed by atoms with Crippen LogP contribution in [0.2, 0.25) is 0 Å². The van der Waals surface area contributed by atoms with Crippen LogP contribution < -0.4 is 10.0 Å². The number of carbonyl (C=O) groups is 1. The van der Waals surface area contributed by atoms with Crippen LogP contribution in [-0.4, -0.2) is 24.5 Å². The predicted octanol–water partition coefficient (Wildman–Crippen LogP) is 3.47. The number of sulfonamides is 1. The number of carbonyl (C=O) groups excluding carboxylic acids is 1. The van der Waals surface area contributed by atoms with E-state index in [2.05, 4.69) is 20.2 Å². The number of rotatable bonds is 7. The summed E-state index contributed by atoms with van der Waals surface area (Å²) < 4.78 is 32.5. The maximum atomic E-state index is 12.4. The first kappa shape index (κ1) is 20.3. The quantitative estimate of drug-likeness (QED) is 0.460. The first-order valence-electron chi connectivity index (χ1n) is 9.35. The summed E-state index contributed by atoms with van der Waals surface area (Å²) in [6, 6.07) is 23.5. The highest BCUT2D eigenvalue weighted by Gasteiger charge is 2.14. The van der Waals surface area contributed by atoms with Crippen molar-refractivity contribution in [2.45, 2.75) is 11.4 Å². The minimum Gasteiger partial charge on any atom is -0.343 e. The zero-order valence-electron chi connectivity index (χ0n) is 16.2. The third-order valence-electron chi connectivity index (χ3n) is 4.35. The van der Waals surface area contributed by atoms with E-state index in [1.165, 1.54) is 12.1 Å². The summed E-state index contributed by atoms with van der Waals surface area (Å²) >= 11 is 0. The molecule has 0 saturated carbocycles. The summed E-state index contributed by atoms with van der Waals surface area (Å²) in [6.07, 6.45) is 0. The Morgan fingerprint density at radius 3 is 2.19 bits per heavy atom. The van der Waals surface area contributed by atoms with Crippen molar-refractivity contribution < 1.29 is 17.7 Å². The summed E-state index contributed by atoms with van der Waals surface area (Å²) in [5, 5.41) is 6.63. The van der Waals surface area contributed by atoms with Crippen molar-refractivity contribution in [3.63, 3.8) is 0 Å². The Morgan fingerprint density at radius 2 is 1.52 bits per heavy atom. The second kappa shape index (κ2) is 8.80. The van der Waals surface area contributed by atoms with Gasteiger partial charge in [0.25, 0.3) is 15.9 Å². The molecule has 156 valence electrons. The maximum Gasteiger partial charge on any atom is 0.261 e. The highest BCUT2D eigenvalue weighted by atomic mass is 32.2. The molecular weight excluding hydrogens is 416 g/mol. The van der Waals surface area contributed by atoms with Gasteiger partial charge in [-0.25, -0.2) is 8.42 Å². The van der Waals surface area contributed by atoms with E-state index in [1.807, 2.05) is 6.07 Å². The van der Waals surface area contributed by atoms with Crippen LogP contribution in [0.3, 0.4) is 0 Å². The van der Waals surface area contributed by atoms with E-state index in [-0.39, 0.29) is 23.2 Å². The number of hydrogen-bond donors (Lipinski definition) is 2. The lowest BCUT2D eigenvalue weighted by atomic mass is 10.2. The van der Waals surface area contributed by atoms with E-state index >= 15 is 0 Å². The second-order valence-corrected chi connectivity index (χ2v) is 8.24. The van der Waals surface area contributed by atoms with Crippen molar-refractivity contribution in [2.75, 3.05) is 4.72 Å². The molecule has 0 unspecified atom stereocenters. The Bertz CT molecular complexity index is 1270. The lowest BCUT2D eigenvalue weighted by Gasteiger charge is -2.08. The summed E-state index contributed by atoms with van der Waals surface area (Å²) in [5.74, 6) is 0.352. The fraction of sp³-hybridized carbons (Fsp3) is 0.0455. The average Bonchev–Trinajstić information content (AvgIpc) is 3.28. The van der Waals surface area contributed by atoms with E-state index in [0.717, 1.165) is 0 Å². The smallest absolute Gasteiger partial charge is 0.261 e. The van der Waals surface area contributed by atoms with Gasteiger partial charge in [-0.15, -0.1) is 0 Å². The van der Waals surface area contributed by atoms with Crippen LogP contribution in [0.1, 0.15) is 16.2 Å². The Kier molecular flexibility index (Phi) is 5.76. The molecule has 1 aromatic heterocycles. The highest BCUT2D eigenvalue weighted by Crippen LogP contribution is 2.21. The van der Waals surface area contributed by atoms with Gasteiger partial charge in [-0.05, 0) is 48.5 Å². The maximum absolute atomic E-state index is 12.4.